The Labute approximate surface area is 119 Å². The summed E-state index contributed by atoms with van der Waals surface area (Å²) in [6.07, 6.45) is -0.946. The molecule has 0 N–H and O–H groups in total. The van der Waals surface area contributed by atoms with Crippen LogP contribution in [-0.2, 0) is 19.3 Å². The van der Waals surface area contributed by atoms with Crippen LogP contribution < -0.4 is 4.74 Å². The van der Waals surface area contributed by atoms with E-state index in [-0.39, 0.29) is 17.9 Å². The van der Waals surface area contributed by atoms with E-state index in [9.17, 15) is 18.0 Å². The second kappa shape index (κ2) is 5.99. The van der Waals surface area contributed by atoms with Crippen molar-refractivity contribution in [3.05, 3.63) is 47.5 Å². The summed E-state index contributed by atoms with van der Waals surface area (Å²) in [6, 6.07) is 3.20. The van der Waals surface area contributed by atoms with Crippen LogP contribution in [0.5, 0.6) is 5.75 Å². The monoisotopic (exact) mass is 298 g/mol. The molecular weight excluding hydrogens is 285 g/mol. The number of alkyl halides is 3. The maximum Gasteiger partial charge on any atom is 0.419 e. The van der Waals surface area contributed by atoms with Crippen LogP contribution in [0.25, 0.3) is 0 Å². The highest BCUT2D eigenvalue weighted by atomic mass is 19.4. The Hall–Kier alpha value is -2.31. The van der Waals surface area contributed by atoms with Crippen molar-refractivity contribution in [3.8, 4) is 5.75 Å². The first-order chi connectivity index (χ1) is 9.95. The molecular formula is C14H13F3N2O2. The number of benzene rings is 1. The van der Waals surface area contributed by atoms with Crippen LogP contribution in [0, 0.1) is 0 Å². The van der Waals surface area contributed by atoms with Gasteiger partial charge in [0.15, 0.2) is 0 Å². The quantitative estimate of drug-likeness (QED) is 0.795. The zero-order valence-corrected chi connectivity index (χ0v) is 11.2. The fourth-order valence-corrected chi connectivity index (χ4v) is 1.88. The van der Waals surface area contributed by atoms with E-state index in [1.165, 1.54) is 6.07 Å². The van der Waals surface area contributed by atoms with Crippen LogP contribution in [0.4, 0.5) is 13.2 Å². The molecule has 0 bridgehead atoms. The zero-order chi connectivity index (χ0) is 15.5. The summed E-state index contributed by atoms with van der Waals surface area (Å²) in [5, 5.41) is 0. The molecule has 0 aliphatic heterocycles. The molecule has 0 saturated heterocycles. The van der Waals surface area contributed by atoms with E-state index in [1.54, 1.807) is 17.0 Å². The summed E-state index contributed by atoms with van der Waals surface area (Å²) in [7, 11) is 0. The highest BCUT2D eigenvalue weighted by molar-refractivity contribution is 5.75. The van der Waals surface area contributed by atoms with E-state index in [2.05, 4.69) is 4.98 Å². The lowest BCUT2D eigenvalue weighted by atomic mass is 10.1. The molecule has 0 atom stereocenters. The minimum Gasteiger partial charge on any atom is -0.485 e. The van der Waals surface area contributed by atoms with Crippen LogP contribution in [-0.4, -0.2) is 15.8 Å². The number of hydrogen-bond acceptors (Lipinski definition) is 3. The second-order valence-electron chi connectivity index (χ2n) is 4.29. The Bertz CT molecular complexity index is 635. The molecule has 0 aliphatic rings. The lowest BCUT2D eigenvalue weighted by molar-refractivity contribution is -0.139. The van der Waals surface area contributed by atoms with Crippen LogP contribution in [0.3, 0.4) is 0 Å². The van der Waals surface area contributed by atoms with Gasteiger partial charge < -0.3 is 9.30 Å². The molecule has 0 spiro atoms. The van der Waals surface area contributed by atoms with Crippen molar-refractivity contribution in [1.29, 1.82) is 0 Å². The number of aldehydes is 1. The molecule has 2 rings (SSSR count). The van der Waals surface area contributed by atoms with E-state index in [0.717, 1.165) is 12.1 Å². The Kier molecular flexibility index (Phi) is 4.30. The summed E-state index contributed by atoms with van der Waals surface area (Å²) in [5.74, 6) is 0.212. The van der Waals surface area contributed by atoms with Crippen LogP contribution in [0.1, 0.15) is 28.7 Å². The molecule has 0 unspecified atom stereocenters. The van der Waals surface area contributed by atoms with Gasteiger partial charge in [0.05, 0.1) is 5.56 Å². The molecule has 0 radical (unpaired) electrons. The second-order valence-corrected chi connectivity index (χ2v) is 4.29. The van der Waals surface area contributed by atoms with Gasteiger partial charge in [-0.15, -0.1) is 0 Å². The molecule has 21 heavy (non-hydrogen) atoms. The fraction of sp³-hybridized carbons (Fsp3) is 0.286. The van der Waals surface area contributed by atoms with Gasteiger partial charge >= 0.3 is 6.18 Å². The van der Waals surface area contributed by atoms with Gasteiger partial charge in [-0.25, -0.2) is 4.98 Å². The first kappa shape index (κ1) is 15.1. The number of carbonyl (C=O) groups excluding carboxylic acids is 1. The molecule has 1 aromatic heterocycles. The van der Waals surface area contributed by atoms with E-state index in [4.69, 9.17) is 4.74 Å². The number of carbonyl (C=O) groups is 1. The van der Waals surface area contributed by atoms with Gasteiger partial charge in [0.2, 0.25) is 0 Å². The molecule has 7 heteroatoms. The normalized spacial score (nSPS) is 11.4. The maximum absolute atomic E-state index is 13.0. The number of rotatable bonds is 5. The Morgan fingerprint density at radius 3 is 2.76 bits per heavy atom. The van der Waals surface area contributed by atoms with Gasteiger partial charge in [0.25, 0.3) is 0 Å². The largest absolute Gasteiger partial charge is 0.485 e. The average Bonchev–Trinajstić information content (AvgIpc) is 2.91. The van der Waals surface area contributed by atoms with Crippen LogP contribution in [0.15, 0.2) is 30.6 Å². The predicted octanol–water partition coefficient (Wildman–Crippen LogP) is 3.31. The van der Waals surface area contributed by atoms with Crippen LogP contribution in [0.2, 0.25) is 0 Å². The number of nitrogens with zero attached hydrogens (tertiary/aromatic N) is 2. The summed E-state index contributed by atoms with van der Waals surface area (Å²) in [5.41, 5.74) is -1.02. The lowest BCUT2D eigenvalue weighted by Crippen LogP contribution is -2.11. The Morgan fingerprint density at radius 2 is 2.14 bits per heavy atom. The third kappa shape index (κ3) is 3.42. The van der Waals surface area contributed by atoms with Gasteiger partial charge in [0, 0.05) is 24.5 Å². The standard InChI is InChI=1S/C14H13F3N2O2/c1-2-19-6-5-18-13(19)9-21-12-4-3-10(8-20)7-11(12)14(15,16)17/h3-8H,2,9H2,1H3. The van der Waals surface area contributed by atoms with Crippen molar-refractivity contribution < 1.29 is 22.7 Å². The molecule has 0 saturated carbocycles. The first-order valence-corrected chi connectivity index (χ1v) is 6.25. The highest BCUT2D eigenvalue weighted by Crippen LogP contribution is 2.36. The molecule has 0 aliphatic carbocycles. The van der Waals surface area contributed by atoms with Gasteiger partial charge in [-0.05, 0) is 25.1 Å². The Morgan fingerprint density at radius 1 is 1.38 bits per heavy atom. The van der Waals surface area contributed by atoms with Gasteiger partial charge in [-0.3, -0.25) is 4.79 Å². The number of aromatic nitrogens is 2. The fourth-order valence-electron chi connectivity index (χ4n) is 1.88. The van der Waals surface area contributed by atoms with E-state index in [1.807, 2.05) is 6.92 Å². The molecule has 112 valence electrons. The molecule has 4 nitrogen and oxygen atoms in total. The van der Waals surface area contributed by atoms with Crippen molar-refractivity contribution in [3.63, 3.8) is 0 Å². The maximum atomic E-state index is 13.0. The van der Waals surface area contributed by atoms with Gasteiger partial charge in [-0.2, -0.15) is 13.2 Å². The van der Waals surface area contributed by atoms with E-state index in [0.29, 0.717) is 18.7 Å². The molecule has 0 fully saturated rings. The first-order valence-electron chi connectivity index (χ1n) is 6.25. The number of ether oxygens (including phenoxy) is 1. The minimum absolute atomic E-state index is 0.0512. The molecule has 1 aromatic carbocycles. The van der Waals surface area contributed by atoms with Gasteiger partial charge in [0.1, 0.15) is 24.5 Å². The van der Waals surface area contributed by atoms with Crippen molar-refractivity contribution in [2.24, 2.45) is 0 Å². The summed E-state index contributed by atoms with van der Waals surface area (Å²) in [6.45, 7) is 2.46. The average molecular weight is 298 g/mol. The highest BCUT2D eigenvalue weighted by Gasteiger charge is 2.34. The minimum atomic E-state index is -4.59. The number of halogens is 3. The van der Waals surface area contributed by atoms with Gasteiger partial charge in [-0.1, -0.05) is 0 Å². The third-order valence-corrected chi connectivity index (χ3v) is 2.94. The third-order valence-electron chi connectivity index (χ3n) is 2.94. The smallest absolute Gasteiger partial charge is 0.419 e. The molecule has 1 heterocycles. The van der Waals surface area contributed by atoms with Crippen molar-refractivity contribution in [2.45, 2.75) is 26.3 Å². The summed E-state index contributed by atoms with van der Waals surface area (Å²) >= 11 is 0. The predicted molar refractivity (Wildman–Crippen MR) is 69.1 cm³/mol. The Balaban J connectivity index is 2.25. The number of hydrogen-bond donors (Lipinski definition) is 0. The van der Waals surface area contributed by atoms with E-state index >= 15 is 0 Å². The molecule has 2 aromatic rings. The van der Waals surface area contributed by atoms with E-state index < -0.39 is 11.7 Å². The number of aryl methyl sites for hydroxylation is 1. The SMILES string of the molecule is CCn1ccnc1COc1ccc(C=O)cc1C(F)(F)F. The zero-order valence-electron chi connectivity index (χ0n) is 11.2. The topological polar surface area (TPSA) is 44.1 Å². The van der Waals surface area contributed by atoms with Crippen LogP contribution >= 0.6 is 0 Å². The van der Waals surface area contributed by atoms with Crippen molar-refractivity contribution in [2.75, 3.05) is 0 Å². The lowest BCUT2D eigenvalue weighted by Gasteiger charge is -2.14. The molecule has 0 amide bonds. The van der Waals surface area contributed by atoms with Crippen molar-refractivity contribution >= 4 is 6.29 Å². The summed E-state index contributed by atoms with van der Waals surface area (Å²) in [4.78, 5) is 14.6. The summed E-state index contributed by atoms with van der Waals surface area (Å²) < 4.78 is 45.9. The van der Waals surface area contributed by atoms with Crippen molar-refractivity contribution in [1.82, 2.24) is 9.55 Å². The number of imidazole rings is 1.